The number of ether oxygens (including phenoxy) is 4. The fraction of sp³-hybridized carbons (Fsp3) is 0.857. The molecular weight excluding hydrogens is 278 g/mol. The highest BCUT2D eigenvalue weighted by atomic mass is 32.2. The first-order valence-corrected chi connectivity index (χ1v) is 8.09. The first-order chi connectivity index (χ1) is 9.91. The predicted octanol–water partition coefficient (Wildman–Crippen LogP) is 0.768. The summed E-state index contributed by atoms with van der Waals surface area (Å²) in [6.45, 7) is 5.30. The van der Waals surface area contributed by atoms with Crippen LogP contribution < -0.4 is 5.73 Å². The van der Waals surface area contributed by atoms with Gasteiger partial charge in [0.1, 0.15) is 6.61 Å². The molecule has 0 aromatic rings. The van der Waals surface area contributed by atoms with Crippen molar-refractivity contribution < 1.29 is 18.9 Å². The largest absolute Gasteiger partial charge is 0.378 e. The SMILES string of the molecule is C#CCOCCOCCOCCOCCSCCCN. The van der Waals surface area contributed by atoms with Crippen molar-refractivity contribution in [1.82, 2.24) is 0 Å². The molecule has 0 saturated carbocycles. The zero-order valence-corrected chi connectivity index (χ0v) is 13.0. The van der Waals surface area contributed by atoms with Crippen LogP contribution in [0.5, 0.6) is 0 Å². The summed E-state index contributed by atoms with van der Waals surface area (Å²) >= 11 is 1.87. The van der Waals surface area contributed by atoms with Crippen LogP contribution in [0.15, 0.2) is 0 Å². The maximum Gasteiger partial charge on any atom is 0.107 e. The molecule has 5 nitrogen and oxygen atoms in total. The van der Waals surface area contributed by atoms with Gasteiger partial charge in [0.2, 0.25) is 0 Å². The van der Waals surface area contributed by atoms with E-state index < -0.39 is 0 Å². The number of terminal acetylenes is 1. The molecule has 0 rings (SSSR count). The van der Waals surface area contributed by atoms with Gasteiger partial charge in [0.15, 0.2) is 0 Å². The normalized spacial score (nSPS) is 10.6. The molecule has 0 aromatic heterocycles. The standard InChI is InChI=1S/C14H27NO4S/c1-2-5-16-6-7-17-8-9-18-10-11-19-12-14-20-13-3-4-15/h1H,3-15H2. The maximum atomic E-state index is 5.43. The second-order valence-electron chi connectivity index (χ2n) is 3.85. The van der Waals surface area contributed by atoms with Crippen LogP contribution in [0.25, 0.3) is 0 Å². The van der Waals surface area contributed by atoms with Crippen molar-refractivity contribution in [1.29, 1.82) is 0 Å². The lowest BCUT2D eigenvalue weighted by Crippen LogP contribution is -2.12. The number of nitrogens with two attached hydrogens (primary N) is 1. The molecule has 0 radical (unpaired) electrons. The van der Waals surface area contributed by atoms with Gasteiger partial charge in [-0.3, -0.25) is 0 Å². The van der Waals surface area contributed by atoms with Gasteiger partial charge >= 0.3 is 0 Å². The van der Waals surface area contributed by atoms with Crippen LogP contribution in [0.4, 0.5) is 0 Å². The summed E-state index contributed by atoms with van der Waals surface area (Å²) in [6, 6.07) is 0. The van der Waals surface area contributed by atoms with Crippen LogP contribution in [-0.4, -0.2) is 70.9 Å². The van der Waals surface area contributed by atoms with Crippen LogP contribution in [0.2, 0.25) is 0 Å². The summed E-state index contributed by atoms with van der Waals surface area (Å²) < 4.78 is 21.1. The van der Waals surface area contributed by atoms with E-state index >= 15 is 0 Å². The summed E-state index contributed by atoms with van der Waals surface area (Å²) in [7, 11) is 0. The highest BCUT2D eigenvalue weighted by Gasteiger charge is 1.93. The van der Waals surface area contributed by atoms with E-state index in [0.29, 0.717) is 46.2 Å². The van der Waals surface area contributed by atoms with Gasteiger partial charge < -0.3 is 24.7 Å². The summed E-state index contributed by atoms with van der Waals surface area (Å²) in [5.74, 6) is 4.52. The monoisotopic (exact) mass is 305 g/mol. The average molecular weight is 305 g/mol. The Morgan fingerprint density at radius 2 is 1.35 bits per heavy atom. The molecule has 0 atom stereocenters. The van der Waals surface area contributed by atoms with Crippen LogP contribution in [0.1, 0.15) is 6.42 Å². The lowest BCUT2D eigenvalue weighted by atomic mass is 10.5. The molecule has 0 aliphatic carbocycles. The van der Waals surface area contributed by atoms with Crippen molar-refractivity contribution >= 4 is 11.8 Å². The number of hydrogen-bond acceptors (Lipinski definition) is 6. The van der Waals surface area contributed by atoms with E-state index in [9.17, 15) is 0 Å². The Hall–Kier alpha value is -0.290. The molecule has 0 aliphatic heterocycles. The average Bonchev–Trinajstić information content (AvgIpc) is 2.47. The molecule has 0 fully saturated rings. The first kappa shape index (κ1) is 19.7. The van der Waals surface area contributed by atoms with E-state index in [2.05, 4.69) is 5.92 Å². The zero-order chi connectivity index (χ0) is 14.7. The molecular formula is C14H27NO4S. The Bertz CT molecular complexity index is 224. The summed E-state index contributed by atoms with van der Waals surface area (Å²) in [5.41, 5.74) is 5.40. The number of thioether (sulfide) groups is 1. The van der Waals surface area contributed by atoms with Crippen molar-refractivity contribution in [3.8, 4) is 12.3 Å². The number of hydrogen-bond donors (Lipinski definition) is 1. The van der Waals surface area contributed by atoms with Crippen LogP contribution in [-0.2, 0) is 18.9 Å². The van der Waals surface area contributed by atoms with Gasteiger partial charge in [-0.05, 0) is 18.7 Å². The lowest BCUT2D eigenvalue weighted by Gasteiger charge is -2.06. The Labute approximate surface area is 126 Å². The highest BCUT2D eigenvalue weighted by Crippen LogP contribution is 2.00. The molecule has 118 valence electrons. The van der Waals surface area contributed by atoms with E-state index in [1.807, 2.05) is 11.8 Å². The molecule has 0 unspecified atom stereocenters. The van der Waals surface area contributed by atoms with Gasteiger partial charge in [-0.2, -0.15) is 11.8 Å². The van der Waals surface area contributed by atoms with Crippen LogP contribution >= 0.6 is 11.8 Å². The molecule has 0 amide bonds. The second kappa shape index (κ2) is 18.7. The minimum Gasteiger partial charge on any atom is -0.378 e. The quantitative estimate of drug-likeness (QED) is 0.336. The third kappa shape index (κ3) is 17.7. The van der Waals surface area contributed by atoms with Gasteiger partial charge in [-0.25, -0.2) is 0 Å². The highest BCUT2D eigenvalue weighted by molar-refractivity contribution is 7.99. The predicted molar refractivity (Wildman–Crippen MR) is 83.1 cm³/mol. The van der Waals surface area contributed by atoms with Crippen LogP contribution in [0, 0.1) is 12.3 Å². The van der Waals surface area contributed by atoms with Gasteiger partial charge in [-0.15, -0.1) is 6.42 Å². The zero-order valence-electron chi connectivity index (χ0n) is 12.2. The van der Waals surface area contributed by atoms with Gasteiger partial charge in [-0.1, -0.05) is 5.92 Å². The van der Waals surface area contributed by atoms with Gasteiger partial charge in [0, 0.05) is 5.75 Å². The van der Waals surface area contributed by atoms with Crippen molar-refractivity contribution in [2.75, 3.05) is 70.9 Å². The summed E-state index contributed by atoms with van der Waals surface area (Å²) in [5, 5.41) is 0. The van der Waals surface area contributed by atoms with Crippen molar-refractivity contribution in [2.24, 2.45) is 5.73 Å². The Balaban J connectivity index is 2.91. The van der Waals surface area contributed by atoms with E-state index in [4.69, 9.17) is 31.1 Å². The third-order valence-corrected chi connectivity index (χ3v) is 3.20. The smallest absolute Gasteiger partial charge is 0.107 e. The molecule has 6 heteroatoms. The van der Waals surface area contributed by atoms with Gasteiger partial charge in [0.25, 0.3) is 0 Å². The fourth-order valence-corrected chi connectivity index (χ4v) is 2.01. The molecule has 0 bridgehead atoms. The van der Waals surface area contributed by atoms with E-state index in [-0.39, 0.29) is 0 Å². The van der Waals surface area contributed by atoms with E-state index in [0.717, 1.165) is 31.1 Å². The third-order valence-electron chi connectivity index (χ3n) is 2.17. The van der Waals surface area contributed by atoms with Crippen molar-refractivity contribution in [3.63, 3.8) is 0 Å². The number of rotatable bonds is 16. The Morgan fingerprint density at radius 3 is 1.90 bits per heavy atom. The lowest BCUT2D eigenvalue weighted by molar-refractivity contribution is 0.00311. The van der Waals surface area contributed by atoms with Gasteiger partial charge in [0.05, 0.1) is 46.2 Å². The van der Waals surface area contributed by atoms with Crippen molar-refractivity contribution in [2.45, 2.75) is 6.42 Å². The molecule has 20 heavy (non-hydrogen) atoms. The topological polar surface area (TPSA) is 62.9 Å². The Morgan fingerprint density at radius 1 is 0.800 bits per heavy atom. The second-order valence-corrected chi connectivity index (χ2v) is 5.07. The van der Waals surface area contributed by atoms with E-state index in [1.54, 1.807) is 0 Å². The molecule has 0 heterocycles. The first-order valence-electron chi connectivity index (χ1n) is 6.94. The summed E-state index contributed by atoms with van der Waals surface area (Å²) in [4.78, 5) is 0. The summed E-state index contributed by atoms with van der Waals surface area (Å²) in [6.07, 6.45) is 6.11. The maximum absolute atomic E-state index is 5.43. The minimum absolute atomic E-state index is 0.335. The van der Waals surface area contributed by atoms with Crippen LogP contribution in [0.3, 0.4) is 0 Å². The molecule has 0 aromatic carbocycles. The molecule has 0 saturated heterocycles. The minimum atomic E-state index is 0.335. The molecule has 0 spiro atoms. The van der Waals surface area contributed by atoms with E-state index in [1.165, 1.54) is 0 Å². The molecule has 0 aliphatic rings. The molecule has 2 N–H and O–H groups in total. The fourth-order valence-electron chi connectivity index (χ4n) is 1.20. The van der Waals surface area contributed by atoms with Crippen molar-refractivity contribution in [3.05, 3.63) is 0 Å². The Kier molecular flexibility index (Phi) is 18.4.